The molecule has 2 saturated heterocycles. The average Bonchev–Trinajstić information content (AvgIpc) is 2.38. The summed E-state index contributed by atoms with van der Waals surface area (Å²) < 4.78 is 0. The van der Waals surface area contributed by atoms with Crippen LogP contribution in [0.4, 0.5) is 0 Å². The highest BCUT2D eigenvalue weighted by molar-refractivity contribution is 5.02. The van der Waals surface area contributed by atoms with Gasteiger partial charge in [-0.25, -0.2) is 0 Å². The molecule has 3 fully saturated rings. The van der Waals surface area contributed by atoms with Crippen LogP contribution in [0.25, 0.3) is 0 Å². The molecule has 2 heterocycles. The van der Waals surface area contributed by atoms with E-state index in [0.29, 0.717) is 0 Å². The Morgan fingerprint density at radius 3 is 2.12 bits per heavy atom. The molecule has 1 aliphatic carbocycles. The first kappa shape index (κ1) is 12.0. The van der Waals surface area contributed by atoms with Gasteiger partial charge in [0.15, 0.2) is 0 Å². The molecule has 6 unspecified atom stereocenters. The van der Waals surface area contributed by atoms with Gasteiger partial charge in [0.2, 0.25) is 0 Å². The zero-order chi connectivity index (χ0) is 11.8. The molecule has 0 bridgehead atoms. The Morgan fingerprint density at radius 2 is 1.41 bits per heavy atom. The number of hydrogen-bond donors (Lipinski definition) is 2. The van der Waals surface area contributed by atoms with Gasteiger partial charge in [-0.05, 0) is 63.7 Å². The van der Waals surface area contributed by atoms with Gasteiger partial charge in [-0.3, -0.25) is 0 Å². The molecular weight excluding hydrogens is 208 g/mol. The minimum Gasteiger partial charge on any atom is -0.310 e. The Bertz CT molecular complexity index is 264. The number of nitrogens with one attached hydrogen (secondary N) is 2. The normalized spacial score (nSPS) is 50.5. The highest BCUT2D eigenvalue weighted by Crippen LogP contribution is 2.39. The van der Waals surface area contributed by atoms with Gasteiger partial charge < -0.3 is 10.6 Å². The molecule has 98 valence electrons. The molecule has 2 N–H and O–H groups in total. The summed E-state index contributed by atoms with van der Waals surface area (Å²) in [5, 5.41) is 7.86. The van der Waals surface area contributed by atoms with Crippen molar-refractivity contribution in [2.75, 3.05) is 0 Å². The summed E-state index contributed by atoms with van der Waals surface area (Å²) in [6.45, 7) is 4.69. The van der Waals surface area contributed by atoms with E-state index in [9.17, 15) is 0 Å². The minimum atomic E-state index is 0.735. The van der Waals surface area contributed by atoms with E-state index in [1.165, 1.54) is 44.9 Å². The van der Waals surface area contributed by atoms with Gasteiger partial charge >= 0.3 is 0 Å². The Hall–Kier alpha value is -0.0800. The highest BCUT2D eigenvalue weighted by Gasteiger charge is 2.43. The zero-order valence-corrected chi connectivity index (χ0v) is 11.4. The fraction of sp³-hybridized carbons (Fsp3) is 1.00. The molecule has 2 aliphatic heterocycles. The first-order chi connectivity index (χ1) is 8.28. The molecule has 2 nitrogen and oxygen atoms in total. The van der Waals surface area contributed by atoms with E-state index < -0.39 is 0 Å². The molecule has 0 radical (unpaired) electrons. The SMILES string of the molecule is CCC1CCC2CCC3CCC(C)NC3C2N1. The number of rotatable bonds is 1. The van der Waals surface area contributed by atoms with E-state index in [1.54, 1.807) is 0 Å². The molecule has 0 aromatic rings. The molecule has 6 atom stereocenters. The molecule has 0 spiro atoms. The minimum absolute atomic E-state index is 0.735. The number of piperidine rings is 2. The van der Waals surface area contributed by atoms with Crippen LogP contribution in [0.5, 0.6) is 0 Å². The summed E-state index contributed by atoms with van der Waals surface area (Å²) in [5.74, 6) is 1.91. The molecule has 1 saturated carbocycles. The van der Waals surface area contributed by atoms with Crippen LogP contribution in [0.15, 0.2) is 0 Å². The Morgan fingerprint density at radius 1 is 0.824 bits per heavy atom. The van der Waals surface area contributed by atoms with E-state index in [0.717, 1.165) is 36.0 Å². The van der Waals surface area contributed by atoms with E-state index >= 15 is 0 Å². The van der Waals surface area contributed by atoms with Gasteiger partial charge in [0.25, 0.3) is 0 Å². The topological polar surface area (TPSA) is 24.1 Å². The van der Waals surface area contributed by atoms with E-state index in [1.807, 2.05) is 0 Å². The molecule has 0 amide bonds. The quantitative estimate of drug-likeness (QED) is 0.731. The Labute approximate surface area is 106 Å². The van der Waals surface area contributed by atoms with Crippen molar-refractivity contribution < 1.29 is 0 Å². The third-order valence-corrected chi connectivity index (χ3v) is 5.57. The maximum absolute atomic E-state index is 3.96. The van der Waals surface area contributed by atoms with Crippen molar-refractivity contribution >= 4 is 0 Å². The second kappa shape index (κ2) is 4.89. The summed E-state index contributed by atoms with van der Waals surface area (Å²) in [7, 11) is 0. The lowest BCUT2D eigenvalue weighted by Gasteiger charge is -2.51. The monoisotopic (exact) mass is 236 g/mol. The van der Waals surface area contributed by atoms with Gasteiger partial charge in [0.05, 0.1) is 0 Å². The predicted molar refractivity (Wildman–Crippen MR) is 72.1 cm³/mol. The van der Waals surface area contributed by atoms with Crippen LogP contribution in [0.3, 0.4) is 0 Å². The van der Waals surface area contributed by atoms with Crippen molar-refractivity contribution in [3.8, 4) is 0 Å². The third kappa shape index (κ3) is 2.26. The molecular formula is C15H28N2. The second-order valence-electron chi connectivity index (χ2n) is 6.64. The molecule has 2 heteroatoms. The van der Waals surface area contributed by atoms with Crippen molar-refractivity contribution in [1.29, 1.82) is 0 Å². The third-order valence-electron chi connectivity index (χ3n) is 5.57. The van der Waals surface area contributed by atoms with E-state index in [2.05, 4.69) is 24.5 Å². The van der Waals surface area contributed by atoms with Crippen LogP contribution < -0.4 is 10.6 Å². The maximum Gasteiger partial charge on any atom is 0.0254 e. The van der Waals surface area contributed by atoms with Crippen LogP contribution in [0, 0.1) is 11.8 Å². The van der Waals surface area contributed by atoms with Gasteiger partial charge in [0.1, 0.15) is 0 Å². The molecule has 0 aromatic carbocycles. The van der Waals surface area contributed by atoms with Crippen LogP contribution in [0.2, 0.25) is 0 Å². The van der Waals surface area contributed by atoms with Gasteiger partial charge in [-0.15, -0.1) is 0 Å². The maximum atomic E-state index is 3.96. The zero-order valence-electron chi connectivity index (χ0n) is 11.4. The van der Waals surface area contributed by atoms with Crippen molar-refractivity contribution in [1.82, 2.24) is 10.6 Å². The summed E-state index contributed by atoms with van der Waals surface area (Å²) in [6, 6.07) is 3.06. The molecule has 3 rings (SSSR count). The first-order valence-electron chi connectivity index (χ1n) is 7.80. The summed E-state index contributed by atoms with van der Waals surface area (Å²) >= 11 is 0. The molecule has 0 aromatic heterocycles. The summed E-state index contributed by atoms with van der Waals surface area (Å²) in [4.78, 5) is 0. The van der Waals surface area contributed by atoms with Gasteiger partial charge in [0, 0.05) is 24.2 Å². The lowest BCUT2D eigenvalue weighted by molar-refractivity contribution is 0.0662. The standard InChI is InChI=1S/C15H28N2/c1-3-13-9-8-12-7-6-11-5-4-10(2)16-14(11)15(12)17-13/h10-17H,3-9H2,1-2H3. The van der Waals surface area contributed by atoms with Gasteiger partial charge in [-0.2, -0.15) is 0 Å². The summed E-state index contributed by atoms with van der Waals surface area (Å²) in [6.07, 6.45) is 9.97. The fourth-order valence-electron chi connectivity index (χ4n) is 4.47. The van der Waals surface area contributed by atoms with Crippen molar-refractivity contribution in [2.45, 2.75) is 83.0 Å². The lowest BCUT2D eigenvalue weighted by atomic mass is 9.67. The van der Waals surface area contributed by atoms with Crippen LogP contribution in [0.1, 0.15) is 58.8 Å². The highest BCUT2D eigenvalue weighted by atomic mass is 15.1. The largest absolute Gasteiger partial charge is 0.310 e. The first-order valence-corrected chi connectivity index (χ1v) is 7.80. The summed E-state index contributed by atoms with van der Waals surface area (Å²) in [5.41, 5.74) is 0. The van der Waals surface area contributed by atoms with E-state index in [-0.39, 0.29) is 0 Å². The number of hydrogen-bond acceptors (Lipinski definition) is 2. The van der Waals surface area contributed by atoms with Crippen LogP contribution >= 0.6 is 0 Å². The second-order valence-corrected chi connectivity index (χ2v) is 6.64. The van der Waals surface area contributed by atoms with Crippen LogP contribution in [-0.2, 0) is 0 Å². The lowest BCUT2D eigenvalue weighted by Crippen LogP contribution is -2.64. The molecule has 3 aliphatic rings. The Kier molecular flexibility index (Phi) is 3.45. The van der Waals surface area contributed by atoms with Gasteiger partial charge in [-0.1, -0.05) is 6.92 Å². The average molecular weight is 236 g/mol. The smallest absolute Gasteiger partial charge is 0.0254 e. The number of fused-ring (bicyclic) bond motifs is 3. The fourth-order valence-corrected chi connectivity index (χ4v) is 4.47. The van der Waals surface area contributed by atoms with Crippen molar-refractivity contribution in [3.63, 3.8) is 0 Å². The Balaban J connectivity index is 1.72. The van der Waals surface area contributed by atoms with Crippen molar-refractivity contribution in [3.05, 3.63) is 0 Å². The predicted octanol–water partition coefficient (Wildman–Crippen LogP) is 2.68. The van der Waals surface area contributed by atoms with E-state index in [4.69, 9.17) is 0 Å². The van der Waals surface area contributed by atoms with Crippen molar-refractivity contribution in [2.24, 2.45) is 11.8 Å². The molecule has 17 heavy (non-hydrogen) atoms. The van der Waals surface area contributed by atoms with Crippen LogP contribution in [-0.4, -0.2) is 24.2 Å².